The zero-order valence-corrected chi connectivity index (χ0v) is 18.3. The lowest BCUT2D eigenvalue weighted by Crippen LogP contribution is -2.74. The normalized spacial score (nSPS) is 24.6. The van der Waals surface area contributed by atoms with Crippen molar-refractivity contribution in [2.75, 3.05) is 12.3 Å². The van der Waals surface area contributed by atoms with Crippen LogP contribution in [0.3, 0.4) is 0 Å². The fourth-order valence-corrected chi connectivity index (χ4v) is 6.70. The van der Waals surface area contributed by atoms with Gasteiger partial charge in [-0.3, -0.25) is 14.4 Å². The van der Waals surface area contributed by atoms with Crippen molar-refractivity contribution in [1.29, 1.82) is 0 Å². The molecule has 2 aromatic rings. The molecule has 0 spiro atoms. The Hall–Kier alpha value is -2.71. The molecule has 2 aliphatic heterocycles. The van der Waals surface area contributed by atoms with Crippen LogP contribution in [0.15, 0.2) is 66.1 Å². The third-order valence-corrected chi connectivity index (χ3v) is 8.55. The van der Waals surface area contributed by atoms with Crippen molar-refractivity contribution < 1.29 is 19.5 Å². The van der Waals surface area contributed by atoms with E-state index in [0.717, 1.165) is 16.0 Å². The highest BCUT2D eigenvalue weighted by atomic mass is 32.2. The van der Waals surface area contributed by atoms with Crippen LogP contribution >= 0.6 is 23.5 Å². The van der Waals surface area contributed by atoms with Gasteiger partial charge < -0.3 is 15.3 Å². The second-order valence-corrected chi connectivity index (χ2v) is 10.0. The number of carboxylic acids is 1. The fraction of sp³-hybridized carbons (Fsp3) is 0.261. The van der Waals surface area contributed by atoms with Crippen LogP contribution < -0.4 is 5.32 Å². The van der Waals surface area contributed by atoms with E-state index in [0.29, 0.717) is 5.75 Å². The maximum atomic E-state index is 12.7. The summed E-state index contributed by atoms with van der Waals surface area (Å²) in [5, 5.41) is 12.6. The number of β-lactam (4-membered cyclic amide) rings is 1. The number of rotatable bonds is 7. The minimum absolute atomic E-state index is 0.0973. The monoisotopic (exact) mass is 454 g/mol. The van der Waals surface area contributed by atoms with Crippen LogP contribution in [0.4, 0.5) is 0 Å². The minimum Gasteiger partial charge on any atom is -0.480 e. The number of carboxylic acid groups (broad SMARTS) is 1. The molecule has 4 rings (SSSR count). The van der Waals surface area contributed by atoms with Gasteiger partial charge in [0.15, 0.2) is 0 Å². The molecule has 2 aromatic carbocycles. The van der Waals surface area contributed by atoms with Crippen molar-refractivity contribution in [2.45, 2.75) is 27.5 Å². The Morgan fingerprint density at radius 2 is 1.94 bits per heavy atom. The van der Waals surface area contributed by atoms with Crippen LogP contribution in [0, 0.1) is 0 Å². The summed E-state index contributed by atoms with van der Waals surface area (Å²) in [4.78, 5) is 39.8. The van der Waals surface area contributed by atoms with Gasteiger partial charge in [0.25, 0.3) is 0 Å². The average Bonchev–Trinajstić information content (AvgIpc) is 2.78. The van der Waals surface area contributed by atoms with Crippen LogP contribution in [0.1, 0.15) is 11.1 Å². The van der Waals surface area contributed by atoms with E-state index in [2.05, 4.69) is 11.9 Å². The van der Waals surface area contributed by atoms with Gasteiger partial charge in [0.2, 0.25) is 11.8 Å². The van der Waals surface area contributed by atoms with Gasteiger partial charge in [-0.2, -0.15) is 0 Å². The van der Waals surface area contributed by atoms with Crippen molar-refractivity contribution in [2.24, 2.45) is 0 Å². The molecule has 3 atom stereocenters. The number of benzene rings is 2. The summed E-state index contributed by atoms with van der Waals surface area (Å²) >= 11 is 2.66. The summed E-state index contributed by atoms with van der Waals surface area (Å²) in [6, 6.07) is 16.2. The van der Waals surface area contributed by atoms with Gasteiger partial charge in [0.05, 0.1) is 6.42 Å². The molecule has 0 aromatic heterocycles. The van der Waals surface area contributed by atoms with E-state index >= 15 is 0 Å². The molecule has 2 saturated heterocycles. The molecule has 2 fully saturated rings. The third-order valence-electron chi connectivity index (χ3n) is 5.41. The SMILES string of the molecule is C=Cc1ccccc1SC1(C(=O)O)CS[C@@H]2[C@H](NC(=O)Cc3ccccc3)C(=O)N2C1. The Morgan fingerprint density at radius 1 is 1.23 bits per heavy atom. The van der Waals surface area contributed by atoms with E-state index in [4.69, 9.17) is 0 Å². The first-order valence-electron chi connectivity index (χ1n) is 9.83. The van der Waals surface area contributed by atoms with Crippen molar-refractivity contribution in [3.05, 3.63) is 72.3 Å². The Morgan fingerprint density at radius 3 is 2.65 bits per heavy atom. The molecule has 160 valence electrons. The fourth-order valence-electron chi connectivity index (χ4n) is 3.74. The zero-order chi connectivity index (χ0) is 22.0. The van der Waals surface area contributed by atoms with Gasteiger partial charge in [-0.05, 0) is 17.2 Å². The second-order valence-electron chi connectivity index (χ2n) is 7.52. The van der Waals surface area contributed by atoms with Crippen LogP contribution in [0.25, 0.3) is 6.08 Å². The highest BCUT2D eigenvalue weighted by Crippen LogP contribution is 2.47. The number of carbonyl (C=O) groups is 3. The zero-order valence-electron chi connectivity index (χ0n) is 16.7. The number of amides is 2. The summed E-state index contributed by atoms with van der Waals surface area (Å²) in [6.07, 6.45) is 1.90. The smallest absolute Gasteiger partial charge is 0.322 e. The number of nitrogens with one attached hydrogen (secondary N) is 1. The summed E-state index contributed by atoms with van der Waals surface area (Å²) in [5.74, 6) is -1.07. The van der Waals surface area contributed by atoms with Crippen molar-refractivity contribution in [3.63, 3.8) is 0 Å². The lowest BCUT2D eigenvalue weighted by molar-refractivity contribution is -0.152. The molecule has 0 aliphatic carbocycles. The van der Waals surface area contributed by atoms with Gasteiger partial charge in [0, 0.05) is 17.2 Å². The maximum Gasteiger partial charge on any atom is 0.322 e. The van der Waals surface area contributed by atoms with E-state index in [1.807, 2.05) is 54.6 Å². The summed E-state index contributed by atoms with van der Waals surface area (Å²) in [5.41, 5.74) is 1.74. The molecular weight excluding hydrogens is 432 g/mol. The van der Waals surface area contributed by atoms with E-state index in [1.54, 1.807) is 11.0 Å². The molecule has 2 N–H and O–H groups in total. The van der Waals surface area contributed by atoms with Gasteiger partial charge in [-0.15, -0.1) is 23.5 Å². The predicted molar refractivity (Wildman–Crippen MR) is 123 cm³/mol. The molecule has 2 heterocycles. The summed E-state index contributed by atoms with van der Waals surface area (Å²) < 4.78 is -1.16. The number of carbonyl (C=O) groups excluding carboxylic acids is 2. The Bertz CT molecular complexity index is 1030. The molecule has 0 radical (unpaired) electrons. The minimum atomic E-state index is -1.16. The first-order chi connectivity index (χ1) is 14.9. The van der Waals surface area contributed by atoms with Crippen LogP contribution in [0.2, 0.25) is 0 Å². The molecule has 2 amide bonds. The lowest BCUT2D eigenvalue weighted by atomic mass is 10.0. The van der Waals surface area contributed by atoms with Gasteiger partial charge >= 0.3 is 5.97 Å². The van der Waals surface area contributed by atoms with Crippen LogP contribution in [0.5, 0.6) is 0 Å². The second kappa shape index (κ2) is 8.80. The number of hydrogen-bond acceptors (Lipinski definition) is 5. The standard InChI is InChI=1S/C23H22N2O4S2/c1-2-16-10-6-7-11-17(16)31-23(22(28)29)13-25-20(27)19(21(25)30-14-23)24-18(26)12-15-8-4-3-5-9-15/h2-11,19,21H,1,12-14H2,(H,24,26)(H,28,29)/t19-,21-,23?/m1/s1. The quantitative estimate of drug-likeness (QED) is 0.626. The topological polar surface area (TPSA) is 86.7 Å². The predicted octanol–water partition coefficient (Wildman–Crippen LogP) is 2.89. The first-order valence-corrected chi connectivity index (χ1v) is 11.7. The maximum absolute atomic E-state index is 12.7. The molecule has 2 aliphatic rings. The Balaban J connectivity index is 1.44. The number of nitrogens with zero attached hydrogens (tertiary/aromatic N) is 1. The van der Waals surface area contributed by atoms with E-state index in [1.165, 1.54) is 23.5 Å². The first kappa shape index (κ1) is 21.5. The highest BCUT2D eigenvalue weighted by Gasteiger charge is 2.58. The van der Waals surface area contributed by atoms with Crippen LogP contribution in [-0.2, 0) is 20.8 Å². The summed E-state index contributed by atoms with van der Waals surface area (Å²) in [6.45, 7) is 3.90. The van der Waals surface area contributed by atoms with Crippen LogP contribution in [-0.4, -0.2) is 56.3 Å². The van der Waals surface area contributed by atoms with E-state index in [-0.39, 0.29) is 30.2 Å². The summed E-state index contributed by atoms with van der Waals surface area (Å²) in [7, 11) is 0. The lowest BCUT2D eigenvalue weighted by Gasteiger charge is -2.53. The van der Waals surface area contributed by atoms with Crippen molar-refractivity contribution in [3.8, 4) is 0 Å². The third kappa shape index (κ3) is 4.22. The van der Waals surface area contributed by atoms with Gasteiger partial charge in [-0.1, -0.05) is 61.2 Å². The number of hydrogen-bond donors (Lipinski definition) is 2. The largest absolute Gasteiger partial charge is 0.480 e. The highest BCUT2D eigenvalue weighted by molar-refractivity contribution is 8.05. The van der Waals surface area contributed by atoms with Crippen molar-refractivity contribution >= 4 is 47.4 Å². The van der Waals surface area contributed by atoms with Crippen molar-refractivity contribution in [1.82, 2.24) is 10.2 Å². The number of thioether (sulfide) groups is 2. The van der Waals surface area contributed by atoms with E-state index < -0.39 is 16.8 Å². The number of aliphatic carboxylic acids is 1. The molecule has 0 saturated carbocycles. The Kier molecular flexibility index (Phi) is 6.11. The number of fused-ring (bicyclic) bond motifs is 1. The molecule has 31 heavy (non-hydrogen) atoms. The van der Waals surface area contributed by atoms with E-state index in [9.17, 15) is 19.5 Å². The molecule has 6 nitrogen and oxygen atoms in total. The molecule has 1 unspecified atom stereocenters. The molecule has 8 heteroatoms. The Labute approximate surface area is 189 Å². The average molecular weight is 455 g/mol. The van der Waals surface area contributed by atoms with Gasteiger partial charge in [-0.25, -0.2) is 0 Å². The van der Waals surface area contributed by atoms with Gasteiger partial charge in [0.1, 0.15) is 16.2 Å². The molecular formula is C23H22N2O4S2. The molecule has 0 bridgehead atoms.